The Kier molecular flexibility index (Phi) is 4.67. The summed E-state index contributed by atoms with van der Waals surface area (Å²) in [5, 5.41) is 13.0. The Morgan fingerprint density at radius 1 is 1.11 bits per heavy atom. The molecule has 1 fully saturated rings. The first-order valence-corrected chi connectivity index (χ1v) is 9.39. The van der Waals surface area contributed by atoms with Crippen molar-refractivity contribution in [2.24, 2.45) is 0 Å². The highest BCUT2D eigenvalue weighted by molar-refractivity contribution is 7.14. The normalized spacial score (nSPS) is 18.5. The van der Waals surface area contributed by atoms with E-state index in [9.17, 15) is 14.7 Å². The molecule has 28 heavy (non-hydrogen) atoms. The van der Waals surface area contributed by atoms with Crippen molar-refractivity contribution in [2.75, 3.05) is 12.0 Å². The van der Waals surface area contributed by atoms with E-state index in [-0.39, 0.29) is 11.3 Å². The van der Waals surface area contributed by atoms with Crippen molar-refractivity contribution in [3.63, 3.8) is 0 Å². The van der Waals surface area contributed by atoms with Crippen LogP contribution >= 0.6 is 11.3 Å². The molecule has 0 radical (unpaired) electrons. The van der Waals surface area contributed by atoms with E-state index >= 15 is 0 Å². The third-order valence-electron chi connectivity index (χ3n) is 4.55. The van der Waals surface area contributed by atoms with Gasteiger partial charge in [-0.2, -0.15) is 0 Å². The Bertz CT molecular complexity index is 1040. The topological polar surface area (TPSA) is 79.7 Å². The molecule has 2 aromatic carbocycles. The lowest BCUT2D eigenvalue weighted by atomic mass is 9.95. The van der Waals surface area contributed by atoms with E-state index in [2.05, 4.69) is 4.98 Å². The largest absolute Gasteiger partial charge is 0.507 e. The number of ketones is 1. The summed E-state index contributed by atoms with van der Waals surface area (Å²) < 4.78 is 5.20. The van der Waals surface area contributed by atoms with Crippen LogP contribution in [0, 0.1) is 0 Å². The van der Waals surface area contributed by atoms with Crippen LogP contribution in [0.1, 0.15) is 17.2 Å². The first-order chi connectivity index (χ1) is 13.6. The summed E-state index contributed by atoms with van der Waals surface area (Å²) >= 11 is 1.25. The van der Waals surface area contributed by atoms with E-state index in [0.717, 1.165) is 0 Å². The van der Waals surface area contributed by atoms with E-state index in [1.165, 1.54) is 16.2 Å². The molecule has 1 aromatic heterocycles. The first-order valence-electron chi connectivity index (χ1n) is 8.51. The van der Waals surface area contributed by atoms with Crippen molar-refractivity contribution >= 4 is 33.9 Å². The number of hydrogen-bond acceptors (Lipinski definition) is 6. The van der Waals surface area contributed by atoms with Gasteiger partial charge in [0.25, 0.3) is 5.78 Å². The van der Waals surface area contributed by atoms with Crippen LogP contribution in [0.3, 0.4) is 0 Å². The smallest absolute Gasteiger partial charge is 0.301 e. The Labute approximate surface area is 165 Å². The minimum absolute atomic E-state index is 0.0385. The van der Waals surface area contributed by atoms with Crippen LogP contribution in [-0.4, -0.2) is 28.9 Å². The van der Waals surface area contributed by atoms with Gasteiger partial charge >= 0.3 is 5.91 Å². The number of rotatable bonds is 4. The van der Waals surface area contributed by atoms with Gasteiger partial charge in [-0.3, -0.25) is 14.5 Å². The number of aromatic nitrogens is 1. The Hall–Kier alpha value is -3.45. The van der Waals surface area contributed by atoms with Crippen molar-refractivity contribution in [2.45, 2.75) is 6.04 Å². The third-order valence-corrected chi connectivity index (χ3v) is 5.32. The Morgan fingerprint density at radius 3 is 2.43 bits per heavy atom. The zero-order chi connectivity index (χ0) is 19.7. The number of amides is 1. The standard InChI is InChI=1S/C21H16N2O4S/c1-27-15-9-7-13(8-10-15)17-16(18(24)14-5-3-2-4-6-14)19(25)20(26)23(17)21-22-11-12-28-21/h2-12,17,24H,1H3/b18-16+. The van der Waals surface area contributed by atoms with Crippen LogP contribution in [0.5, 0.6) is 5.75 Å². The molecule has 1 aliphatic heterocycles. The highest BCUT2D eigenvalue weighted by atomic mass is 32.1. The molecule has 1 atom stereocenters. The number of nitrogens with zero attached hydrogens (tertiary/aromatic N) is 2. The second-order valence-electron chi connectivity index (χ2n) is 6.12. The van der Waals surface area contributed by atoms with Gasteiger partial charge in [0.05, 0.1) is 18.7 Å². The van der Waals surface area contributed by atoms with Crippen molar-refractivity contribution in [3.8, 4) is 5.75 Å². The van der Waals surface area contributed by atoms with Gasteiger partial charge in [0.15, 0.2) is 5.13 Å². The van der Waals surface area contributed by atoms with Gasteiger partial charge in [0.2, 0.25) is 0 Å². The number of benzene rings is 2. The molecule has 1 N–H and O–H groups in total. The second kappa shape index (κ2) is 7.28. The molecule has 7 heteroatoms. The van der Waals surface area contributed by atoms with E-state index in [1.54, 1.807) is 67.2 Å². The van der Waals surface area contributed by atoms with Gasteiger partial charge in [-0.05, 0) is 17.7 Å². The number of Topliss-reactive ketones (excluding diaryl/α,β-unsaturated/α-hetero) is 1. The first kappa shape index (κ1) is 17.9. The molecule has 4 rings (SSSR count). The predicted molar refractivity (Wildman–Crippen MR) is 106 cm³/mol. The fraction of sp³-hybridized carbons (Fsp3) is 0.0952. The maximum Gasteiger partial charge on any atom is 0.301 e. The number of ether oxygens (including phenoxy) is 1. The van der Waals surface area contributed by atoms with E-state index < -0.39 is 17.7 Å². The van der Waals surface area contributed by atoms with Gasteiger partial charge in [-0.1, -0.05) is 42.5 Å². The molecule has 0 bridgehead atoms. The second-order valence-corrected chi connectivity index (χ2v) is 7.00. The lowest BCUT2D eigenvalue weighted by molar-refractivity contribution is -0.132. The number of carbonyl (C=O) groups excluding carboxylic acids is 2. The zero-order valence-electron chi connectivity index (χ0n) is 14.9. The van der Waals surface area contributed by atoms with Gasteiger partial charge < -0.3 is 9.84 Å². The predicted octanol–water partition coefficient (Wildman–Crippen LogP) is 3.78. The lowest BCUT2D eigenvalue weighted by Gasteiger charge is -2.23. The summed E-state index contributed by atoms with van der Waals surface area (Å²) in [6, 6.07) is 15.0. The summed E-state index contributed by atoms with van der Waals surface area (Å²) in [5.41, 5.74) is 1.18. The summed E-state index contributed by atoms with van der Waals surface area (Å²) in [4.78, 5) is 31.2. The average molecular weight is 392 g/mol. The molecular formula is C21H16N2O4S. The summed E-state index contributed by atoms with van der Waals surface area (Å²) in [7, 11) is 1.56. The molecule has 3 aromatic rings. The number of anilines is 1. The molecule has 0 spiro atoms. The van der Waals surface area contributed by atoms with Crippen LogP contribution in [0.2, 0.25) is 0 Å². The van der Waals surface area contributed by atoms with Crippen LogP contribution in [-0.2, 0) is 9.59 Å². The summed E-state index contributed by atoms with van der Waals surface area (Å²) in [5.74, 6) is -1.01. The maximum absolute atomic E-state index is 12.9. The molecule has 6 nitrogen and oxygen atoms in total. The number of aliphatic hydroxyl groups is 1. The van der Waals surface area contributed by atoms with Crippen molar-refractivity contribution in [3.05, 3.63) is 82.9 Å². The number of carbonyl (C=O) groups is 2. The average Bonchev–Trinajstić information content (AvgIpc) is 3.35. The number of methoxy groups -OCH3 is 1. The Morgan fingerprint density at radius 2 is 1.82 bits per heavy atom. The molecule has 1 aliphatic rings. The van der Waals surface area contributed by atoms with E-state index in [4.69, 9.17) is 4.74 Å². The lowest BCUT2D eigenvalue weighted by Crippen LogP contribution is -2.29. The molecule has 1 saturated heterocycles. The summed E-state index contributed by atoms with van der Waals surface area (Å²) in [6.07, 6.45) is 1.57. The quantitative estimate of drug-likeness (QED) is 0.415. The fourth-order valence-corrected chi connectivity index (χ4v) is 3.88. The van der Waals surface area contributed by atoms with Crippen LogP contribution < -0.4 is 9.64 Å². The minimum atomic E-state index is -0.780. The van der Waals surface area contributed by atoms with Crippen LogP contribution in [0.4, 0.5) is 5.13 Å². The van der Waals surface area contributed by atoms with Crippen molar-refractivity contribution in [1.82, 2.24) is 4.98 Å². The van der Waals surface area contributed by atoms with Gasteiger partial charge in [-0.15, -0.1) is 11.3 Å². The fourth-order valence-electron chi connectivity index (χ4n) is 3.22. The molecule has 1 amide bonds. The van der Waals surface area contributed by atoms with Crippen LogP contribution in [0.25, 0.3) is 5.76 Å². The molecular weight excluding hydrogens is 376 g/mol. The van der Waals surface area contributed by atoms with E-state index in [0.29, 0.717) is 22.0 Å². The van der Waals surface area contributed by atoms with Gasteiger partial charge in [0.1, 0.15) is 11.5 Å². The zero-order valence-corrected chi connectivity index (χ0v) is 15.7. The number of hydrogen-bond donors (Lipinski definition) is 1. The van der Waals surface area contributed by atoms with Gasteiger partial charge in [-0.25, -0.2) is 4.98 Å². The highest BCUT2D eigenvalue weighted by Gasteiger charge is 2.47. The highest BCUT2D eigenvalue weighted by Crippen LogP contribution is 2.42. The number of thiazole rings is 1. The van der Waals surface area contributed by atoms with Gasteiger partial charge in [0, 0.05) is 17.1 Å². The van der Waals surface area contributed by atoms with E-state index in [1.807, 2.05) is 6.07 Å². The SMILES string of the molecule is COc1ccc(C2/C(=C(\O)c3ccccc3)C(=O)C(=O)N2c2nccs2)cc1. The van der Waals surface area contributed by atoms with Crippen molar-refractivity contribution < 1.29 is 19.4 Å². The van der Waals surface area contributed by atoms with Crippen LogP contribution in [0.15, 0.2) is 71.7 Å². The molecule has 0 aliphatic carbocycles. The molecule has 0 saturated carbocycles. The molecule has 140 valence electrons. The summed E-state index contributed by atoms with van der Waals surface area (Å²) in [6.45, 7) is 0. The molecule has 1 unspecified atom stereocenters. The van der Waals surface area contributed by atoms with Crippen molar-refractivity contribution in [1.29, 1.82) is 0 Å². The minimum Gasteiger partial charge on any atom is -0.507 e. The number of aliphatic hydroxyl groups excluding tert-OH is 1. The molecule has 2 heterocycles. The Balaban J connectivity index is 1.92. The third kappa shape index (κ3) is 2.95. The maximum atomic E-state index is 12.9. The monoisotopic (exact) mass is 392 g/mol.